The van der Waals surface area contributed by atoms with E-state index in [4.69, 9.17) is 0 Å². The fourth-order valence-corrected chi connectivity index (χ4v) is 3.66. The summed E-state index contributed by atoms with van der Waals surface area (Å²) in [7, 11) is -2.95. The highest BCUT2D eigenvalue weighted by atomic mass is 32.2. The first-order valence-electron chi connectivity index (χ1n) is 6.63. The predicted octanol–water partition coefficient (Wildman–Crippen LogP) is 1.60. The van der Waals surface area contributed by atoms with E-state index in [0.717, 1.165) is 17.9 Å². The summed E-state index contributed by atoms with van der Waals surface area (Å²) in [6.07, 6.45) is 1.27. The molecule has 2 unspecified atom stereocenters. The van der Waals surface area contributed by atoms with Gasteiger partial charge in [0, 0.05) is 36.1 Å². The van der Waals surface area contributed by atoms with Gasteiger partial charge in [0.05, 0.1) is 11.4 Å². The van der Waals surface area contributed by atoms with Crippen molar-refractivity contribution < 1.29 is 8.42 Å². The normalized spacial score (nSPS) is 15.5. The van der Waals surface area contributed by atoms with Crippen LogP contribution in [0.15, 0.2) is 0 Å². The summed E-state index contributed by atoms with van der Waals surface area (Å²) < 4.78 is 24.6. The molecule has 19 heavy (non-hydrogen) atoms. The molecule has 0 amide bonds. The van der Waals surface area contributed by atoms with Gasteiger partial charge in [-0.2, -0.15) is 5.10 Å². The van der Waals surface area contributed by atoms with E-state index in [1.54, 1.807) is 0 Å². The van der Waals surface area contributed by atoms with Crippen LogP contribution in [0.2, 0.25) is 0 Å². The molecule has 1 rings (SSSR count). The van der Waals surface area contributed by atoms with Crippen LogP contribution >= 0.6 is 0 Å². The molecule has 0 aliphatic rings. The van der Waals surface area contributed by atoms with Crippen molar-refractivity contribution in [1.29, 1.82) is 0 Å². The zero-order valence-electron chi connectivity index (χ0n) is 12.7. The number of aryl methyl sites for hydroxylation is 2. The smallest absolute Gasteiger partial charge is 0.148 e. The van der Waals surface area contributed by atoms with Gasteiger partial charge in [-0.15, -0.1) is 0 Å². The molecule has 6 heteroatoms. The molecular formula is C13H25N3O2S. The van der Waals surface area contributed by atoms with Crippen LogP contribution in [0.5, 0.6) is 0 Å². The van der Waals surface area contributed by atoms with E-state index in [-0.39, 0.29) is 17.8 Å². The summed E-state index contributed by atoms with van der Waals surface area (Å²) in [6, 6.07) is 0.0193. The number of sulfone groups is 1. The fraction of sp³-hybridized carbons (Fsp3) is 0.769. The summed E-state index contributed by atoms with van der Waals surface area (Å²) in [4.78, 5) is 0. The van der Waals surface area contributed by atoms with Crippen LogP contribution in [0.1, 0.15) is 43.8 Å². The van der Waals surface area contributed by atoms with E-state index in [0.29, 0.717) is 0 Å². The topological polar surface area (TPSA) is 64.0 Å². The van der Waals surface area contributed by atoms with Crippen molar-refractivity contribution in [1.82, 2.24) is 15.1 Å². The Bertz CT molecular complexity index is 534. The molecule has 0 aromatic carbocycles. The monoisotopic (exact) mass is 287 g/mol. The molecule has 1 heterocycles. The molecule has 0 aliphatic heterocycles. The number of rotatable bonds is 6. The van der Waals surface area contributed by atoms with Gasteiger partial charge in [0.2, 0.25) is 0 Å². The van der Waals surface area contributed by atoms with Crippen LogP contribution in [0.25, 0.3) is 0 Å². The second kappa shape index (κ2) is 6.05. The molecule has 2 atom stereocenters. The Morgan fingerprint density at radius 1 is 1.32 bits per heavy atom. The van der Waals surface area contributed by atoms with Crippen molar-refractivity contribution in [2.45, 2.75) is 53.2 Å². The highest BCUT2D eigenvalue weighted by Gasteiger charge is 2.19. The molecule has 1 N–H and O–H groups in total. The zero-order chi connectivity index (χ0) is 14.8. The average molecular weight is 287 g/mol. The standard InChI is InChI=1S/C13H25N3O2S/c1-7-16-12(5)13(11(4)15-16)10(3)14-9(2)8-19(6,17)18/h9-10,14H,7-8H2,1-6H3. The molecule has 0 fully saturated rings. The van der Waals surface area contributed by atoms with Gasteiger partial charge in [-0.05, 0) is 34.6 Å². The van der Waals surface area contributed by atoms with Crippen LogP contribution in [-0.2, 0) is 16.4 Å². The Morgan fingerprint density at radius 2 is 1.89 bits per heavy atom. The number of nitrogens with one attached hydrogen (secondary N) is 1. The van der Waals surface area contributed by atoms with E-state index in [1.807, 2.05) is 18.5 Å². The van der Waals surface area contributed by atoms with Crippen molar-refractivity contribution in [3.05, 3.63) is 17.0 Å². The van der Waals surface area contributed by atoms with E-state index in [1.165, 1.54) is 11.8 Å². The Morgan fingerprint density at radius 3 is 2.32 bits per heavy atom. The summed E-state index contributed by atoms with van der Waals surface area (Å²) in [6.45, 7) is 10.9. The van der Waals surface area contributed by atoms with Gasteiger partial charge >= 0.3 is 0 Å². The summed E-state index contributed by atoms with van der Waals surface area (Å²) in [5, 5.41) is 7.83. The highest BCUT2D eigenvalue weighted by molar-refractivity contribution is 7.90. The summed E-state index contributed by atoms with van der Waals surface area (Å²) >= 11 is 0. The average Bonchev–Trinajstić information content (AvgIpc) is 2.50. The lowest BCUT2D eigenvalue weighted by molar-refractivity contribution is 0.497. The molecule has 1 aromatic heterocycles. The Balaban J connectivity index is 2.84. The molecule has 0 spiro atoms. The molecule has 0 bridgehead atoms. The molecule has 1 aromatic rings. The van der Waals surface area contributed by atoms with Gasteiger partial charge in [-0.25, -0.2) is 8.42 Å². The van der Waals surface area contributed by atoms with Gasteiger partial charge in [-0.3, -0.25) is 4.68 Å². The molecule has 0 aliphatic carbocycles. The minimum atomic E-state index is -2.95. The highest BCUT2D eigenvalue weighted by Crippen LogP contribution is 2.21. The number of aromatic nitrogens is 2. The van der Waals surface area contributed by atoms with E-state index < -0.39 is 9.84 Å². The molecule has 0 saturated carbocycles. The van der Waals surface area contributed by atoms with E-state index in [2.05, 4.69) is 31.2 Å². The zero-order valence-corrected chi connectivity index (χ0v) is 13.5. The first-order chi connectivity index (χ1) is 8.65. The number of hydrogen-bond donors (Lipinski definition) is 1. The molecule has 5 nitrogen and oxygen atoms in total. The van der Waals surface area contributed by atoms with Crippen LogP contribution in [0.4, 0.5) is 0 Å². The molecule has 110 valence electrons. The van der Waals surface area contributed by atoms with Crippen molar-refractivity contribution in [2.75, 3.05) is 12.0 Å². The lowest BCUT2D eigenvalue weighted by Crippen LogP contribution is -2.35. The van der Waals surface area contributed by atoms with Crippen LogP contribution < -0.4 is 5.32 Å². The predicted molar refractivity (Wildman–Crippen MR) is 78.1 cm³/mol. The lowest BCUT2D eigenvalue weighted by Gasteiger charge is -2.20. The van der Waals surface area contributed by atoms with E-state index in [9.17, 15) is 8.42 Å². The Kier molecular flexibility index (Phi) is 5.15. The van der Waals surface area contributed by atoms with Crippen molar-refractivity contribution in [3.63, 3.8) is 0 Å². The van der Waals surface area contributed by atoms with Gasteiger partial charge in [0.1, 0.15) is 9.84 Å². The van der Waals surface area contributed by atoms with Crippen LogP contribution in [-0.4, -0.2) is 36.2 Å². The van der Waals surface area contributed by atoms with Gasteiger partial charge in [0.15, 0.2) is 0 Å². The van der Waals surface area contributed by atoms with Crippen LogP contribution in [0.3, 0.4) is 0 Å². The Labute approximate surface area is 116 Å². The van der Waals surface area contributed by atoms with Gasteiger partial charge in [0.25, 0.3) is 0 Å². The minimum absolute atomic E-state index is 0.0752. The maximum absolute atomic E-state index is 11.3. The molecule has 0 radical (unpaired) electrons. The maximum atomic E-state index is 11.3. The second-order valence-electron chi connectivity index (χ2n) is 5.28. The maximum Gasteiger partial charge on any atom is 0.148 e. The quantitative estimate of drug-likeness (QED) is 0.863. The molecule has 0 saturated heterocycles. The first kappa shape index (κ1) is 16.2. The third kappa shape index (κ3) is 4.31. The largest absolute Gasteiger partial charge is 0.307 e. The SMILES string of the molecule is CCn1nc(C)c(C(C)NC(C)CS(C)(=O)=O)c1C. The van der Waals surface area contributed by atoms with Crippen molar-refractivity contribution >= 4 is 9.84 Å². The fourth-order valence-electron chi connectivity index (χ4n) is 2.66. The van der Waals surface area contributed by atoms with Gasteiger partial charge < -0.3 is 5.32 Å². The van der Waals surface area contributed by atoms with Crippen LogP contribution in [0, 0.1) is 13.8 Å². The Hall–Kier alpha value is -0.880. The third-order valence-electron chi connectivity index (χ3n) is 3.26. The second-order valence-corrected chi connectivity index (χ2v) is 7.47. The molecular weight excluding hydrogens is 262 g/mol. The number of hydrogen-bond acceptors (Lipinski definition) is 4. The first-order valence-corrected chi connectivity index (χ1v) is 8.69. The minimum Gasteiger partial charge on any atom is -0.307 e. The summed E-state index contributed by atoms with van der Waals surface area (Å²) in [5.41, 5.74) is 3.32. The van der Waals surface area contributed by atoms with E-state index >= 15 is 0 Å². The third-order valence-corrected chi connectivity index (χ3v) is 4.36. The lowest BCUT2D eigenvalue weighted by atomic mass is 10.1. The van der Waals surface area contributed by atoms with Crippen molar-refractivity contribution in [3.8, 4) is 0 Å². The van der Waals surface area contributed by atoms with Gasteiger partial charge in [-0.1, -0.05) is 0 Å². The van der Waals surface area contributed by atoms with Crippen molar-refractivity contribution in [2.24, 2.45) is 0 Å². The number of nitrogens with zero attached hydrogens (tertiary/aromatic N) is 2. The summed E-state index contributed by atoms with van der Waals surface area (Å²) in [5.74, 6) is 0.150.